The molecule has 0 aliphatic heterocycles. The fraction of sp³-hybridized carbons (Fsp3) is 0.400. The molecule has 5 nitrogen and oxygen atoms in total. The first kappa shape index (κ1) is 11.3. The van der Waals surface area contributed by atoms with Crippen LogP contribution in [0.15, 0.2) is 23.5 Å². The van der Waals surface area contributed by atoms with E-state index in [1.807, 2.05) is 20.8 Å². The molecule has 0 saturated heterocycles. The number of nitrogen functional groups attached to an aromatic ring is 1. The fourth-order valence-corrected chi connectivity index (χ4v) is 1.20. The van der Waals surface area contributed by atoms with E-state index >= 15 is 0 Å². The third kappa shape index (κ3) is 2.37. The maximum Gasteiger partial charge on any atom is 0.194 e. The van der Waals surface area contributed by atoms with Gasteiger partial charge in [-0.3, -0.25) is 0 Å². The fourth-order valence-electron chi connectivity index (χ4n) is 1.20. The van der Waals surface area contributed by atoms with Gasteiger partial charge in [0.1, 0.15) is 0 Å². The molecule has 0 bridgehead atoms. The molecule has 0 aliphatic carbocycles. The first-order chi connectivity index (χ1) is 7.07. The largest absolute Gasteiger partial charge is 0.381 e. The van der Waals surface area contributed by atoms with Crippen LogP contribution in [-0.4, -0.2) is 15.5 Å². The molecule has 0 aliphatic rings. The molecule has 1 aromatic heterocycles. The van der Waals surface area contributed by atoms with Crippen molar-refractivity contribution in [1.29, 1.82) is 0 Å². The summed E-state index contributed by atoms with van der Waals surface area (Å²) in [5.41, 5.74) is 6.66. The second-order valence-corrected chi connectivity index (χ2v) is 3.53. The van der Waals surface area contributed by atoms with E-state index in [-0.39, 0.29) is 0 Å². The van der Waals surface area contributed by atoms with Crippen molar-refractivity contribution in [2.45, 2.75) is 26.7 Å². The maximum absolute atomic E-state index is 5.85. The molecule has 0 radical (unpaired) electrons. The van der Waals surface area contributed by atoms with Crippen molar-refractivity contribution in [3.05, 3.63) is 30.0 Å². The smallest absolute Gasteiger partial charge is 0.194 e. The van der Waals surface area contributed by atoms with Crippen LogP contribution in [0.5, 0.6) is 0 Å². The second kappa shape index (κ2) is 4.63. The van der Waals surface area contributed by atoms with Crippen LogP contribution in [0.2, 0.25) is 0 Å². The van der Waals surface area contributed by atoms with E-state index in [4.69, 9.17) is 11.6 Å². The molecule has 1 aromatic rings. The van der Waals surface area contributed by atoms with Gasteiger partial charge in [0.25, 0.3) is 0 Å². The lowest BCUT2D eigenvalue weighted by atomic mass is 10.2. The summed E-state index contributed by atoms with van der Waals surface area (Å²) < 4.78 is 1.48. The van der Waals surface area contributed by atoms with Gasteiger partial charge in [0.05, 0.1) is 11.9 Å². The number of imidazole rings is 1. The number of aromatic nitrogens is 2. The molecule has 5 heteroatoms. The minimum Gasteiger partial charge on any atom is -0.381 e. The predicted octanol–water partition coefficient (Wildman–Crippen LogP) is 0.959. The SMILES string of the molecule is C/C=C\N=C(\N)c1ncc(C(C)C)n1N. The molecule has 0 unspecified atom stereocenters. The van der Waals surface area contributed by atoms with Crippen molar-refractivity contribution in [1.82, 2.24) is 9.66 Å². The van der Waals surface area contributed by atoms with Gasteiger partial charge < -0.3 is 11.6 Å². The van der Waals surface area contributed by atoms with Crippen LogP contribution in [0.25, 0.3) is 0 Å². The lowest BCUT2D eigenvalue weighted by Gasteiger charge is -2.07. The molecule has 0 fully saturated rings. The summed E-state index contributed by atoms with van der Waals surface area (Å²) >= 11 is 0. The van der Waals surface area contributed by atoms with Gasteiger partial charge in [-0.15, -0.1) is 0 Å². The van der Waals surface area contributed by atoms with E-state index in [1.165, 1.54) is 4.68 Å². The molecule has 1 rings (SSSR count). The Morgan fingerprint density at radius 3 is 2.73 bits per heavy atom. The second-order valence-electron chi connectivity index (χ2n) is 3.53. The average molecular weight is 207 g/mol. The van der Waals surface area contributed by atoms with Crippen molar-refractivity contribution in [3.8, 4) is 0 Å². The normalized spacial score (nSPS) is 12.9. The number of nitrogens with two attached hydrogens (primary N) is 2. The lowest BCUT2D eigenvalue weighted by molar-refractivity contribution is 0.765. The number of rotatable bonds is 3. The lowest BCUT2D eigenvalue weighted by Crippen LogP contribution is -2.25. The highest BCUT2D eigenvalue weighted by Crippen LogP contribution is 2.13. The Morgan fingerprint density at radius 1 is 1.60 bits per heavy atom. The molecule has 82 valence electrons. The van der Waals surface area contributed by atoms with Gasteiger partial charge in [-0.1, -0.05) is 19.9 Å². The van der Waals surface area contributed by atoms with Crippen LogP contribution in [-0.2, 0) is 0 Å². The van der Waals surface area contributed by atoms with Gasteiger partial charge >= 0.3 is 0 Å². The molecular weight excluding hydrogens is 190 g/mol. The summed E-state index contributed by atoms with van der Waals surface area (Å²) in [5.74, 6) is 6.98. The highest BCUT2D eigenvalue weighted by Gasteiger charge is 2.12. The van der Waals surface area contributed by atoms with Crippen molar-refractivity contribution in [2.75, 3.05) is 5.84 Å². The third-order valence-corrected chi connectivity index (χ3v) is 2.01. The summed E-state index contributed by atoms with van der Waals surface area (Å²) in [4.78, 5) is 8.14. The Hall–Kier alpha value is -1.78. The number of aliphatic imine (C=N–C) groups is 1. The van der Waals surface area contributed by atoms with Crippen LogP contribution in [0.1, 0.15) is 38.2 Å². The van der Waals surface area contributed by atoms with Crippen LogP contribution in [0.3, 0.4) is 0 Å². The molecule has 0 spiro atoms. The number of hydrogen-bond donors (Lipinski definition) is 2. The molecule has 4 N–H and O–H groups in total. The van der Waals surface area contributed by atoms with Crippen molar-refractivity contribution < 1.29 is 0 Å². The van der Waals surface area contributed by atoms with E-state index in [2.05, 4.69) is 9.98 Å². The molecule has 0 aromatic carbocycles. The minimum atomic E-state index is 0.311. The van der Waals surface area contributed by atoms with Gasteiger partial charge in [-0.2, -0.15) is 0 Å². The summed E-state index contributed by atoms with van der Waals surface area (Å²) in [5, 5.41) is 0. The van der Waals surface area contributed by atoms with Crippen molar-refractivity contribution in [3.63, 3.8) is 0 Å². The Balaban J connectivity index is 3.06. The van der Waals surface area contributed by atoms with Crippen molar-refractivity contribution >= 4 is 5.84 Å². The summed E-state index contributed by atoms with van der Waals surface area (Å²) in [6.45, 7) is 5.96. The summed E-state index contributed by atoms with van der Waals surface area (Å²) in [6.07, 6.45) is 5.12. The van der Waals surface area contributed by atoms with E-state index in [1.54, 1.807) is 18.5 Å². The van der Waals surface area contributed by atoms with Gasteiger partial charge in [0, 0.05) is 6.20 Å². The van der Waals surface area contributed by atoms with Crippen LogP contribution < -0.4 is 11.6 Å². The maximum atomic E-state index is 5.85. The van der Waals surface area contributed by atoms with E-state index in [9.17, 15) is 0 Å². The molecular formula is C10H17N5. The first-order valence-electron chi connectivity index (χ1n) is 4.85. The van der Waals surface area contributed by atoms with Crippen LogP contribution in [0.4, 0.5) is 0 Å². The Morgan fingerprint density at radius 2 is 2.27 bits per heavy atom. The third-order valence-electron chi connectivity index (χ3n) is 2.01. The first-order valence-corrected chi connectivity index (χ1v) is 4.85. The van der Waals surface area contributed by atoms with Gasteiger partial charge in [0.15, 0.2) is 11.7 Å². The number of amidine groups is 1. The van der Waals surface area contributed by atoms with Gasteiger partial charge in [-0.25, -0.2) is 14.7 Å². The number of nitrogens with zero attached hydrogens (tertiary/aromatic N) is 3. The standard InChI is InChI=1S/C10H17N5/c1-4-5-13-9(11)10-14-6-8(7(2)3)15(10)12/h4-7H,12H2,1-3H3,(H2,11,13)/b5-4-. The molecule has 0 amide bonds. The highest BCUT2D eigenvalue weighted by molar-refractivity contribution is 5.94. The highest BCUT2D eigenvalue weighted by atomic mass is 15.3. The van der Waals surface area contributed by atoms with E-state index in [0.717, 1.165) is 5.69 Å². The molecule has 15 heavy (non-hydrogen) atoms. The van der Waals surface area contributed by atoms with Crippen LogP contribution in [0, 0.1) is 0 Å². The zero-order valence-corrected chi connectivity index (χ0v) is 9.31. The predicted molar refractivity (Wildman–Crippen MR) is 62.0 cm³/mol. The molecule has 0 atom stereocenters. The Labute approximate surface area is 89.5 Å². The molecule has 0 saturated carbocycles. The van der Waals surface area contributed by atoms with Crippen molar-refractivity contribution in [2.24, 2.45) is 10.7 Å². The van der Waals surface area contributed by atoms with Crippen LogP contribution >= 0.6 is 0 Å². The average Bonchev–Trinajstić information content (AvgIpc) is 2.56. The zero-order chi connectivity index (χ0) is 11.4. The van der Waals surface area contributed by atoms with E-state index in [0.29, 0.717) is 17.6 Å². The Bertz CT molecular complexity index is 387. The van der Waals surface area contributed by atoms with Gasteiger partial charge in [-0.05, 0) is 12.8 Å². The summed E-state index contributed by atoms with van der Waals surface area (Å²) in [7, 11) is 0. The topological polar surface area (TPSA) is 82.2 Å². The number of allylic oxidation sites excluding steroid dienone is 1. The number of hydrogen-bond acceptors (Lipinski definition) is 3. The Kier molecular flexibility index (Phi) is 3.49. The zero-order valence-electron chi connectivity index (χ0n) is 9.31. The minimum absolute atomic E-state index is 0.311. The monoisotopic (exact) mass is 207 g/mol. The quantitative estimate of drug-likeness (QED) is 0.440. The summed E-state index contributed by atoms with van der Waals surface area (Å²) in [6, 6.07) is 0. The van der Waals surface area contributed by atoms with E-state index < -0.39 is 0 Å². The van der Waals surface area contributed by atoms with Gasteiger partial charge in [0.2, 0.25) is 0 Å². The molecule has 1 heterocycles.